The van der Waals surface area contributed by atoms with E-state index in [1.165, 1.54) is 44.1 Å². The summed E-state index contributed by atoms with van der Waals surface area (Å²) in [6.07, 6.45) is 17.4. The second-order valence-electron chi connectivity index (χ2n) is 16.6. The van der Waals surface area contributed by atoms with Crippen molar-refractivity contribution < 1.29 is 9.90 Å². The van der Waals surface area contributed by atoms with Crippen molar-refractivity contribution in [3.63, 3.8) is 0 Å². The number of Topliss-reactive ketones (excluding diaryl/α,β-unsaturated/α-hetero) is 1. The number of nitrogen functional groups attached to an aromatic ring is 1. The number of hydrogen-bond donors (Lipinski definition) is 5. The molecule has 0 aromatic heterocycles. The molecule has 1 aromatic rings. The molecule has 6 heteroatoms. The molecule has 4 aliphatic rings. The summed E-state index contributed by atoms with van der Waals surface area (Å²) in [5.74, 6) is 3.79. The van der Waals surface area contributed by atoms with Crippen LogP contribution in [0.3, 0.4) is 0 Å². The average molecular weight is 767 g/mol. The van der Waals surface area contributed by atoms with Crippen LogP contribution >= 0.6 is 0 Å². The van der Waals surface area contributed by atoms with Gasteiger partial charge < -0.3 is 27.6 Å². The number of anilines is 2. The minimum atomic E-state index is -0.579. The zero-order valence-electron chi connectivity index (χ0n) is 38.8. The molecule has 1 aromatic carbocycles. The van der Waals surface area contributed by atoms with E-state index in [4.69, 9.17) is 17.2 Å². The van der Waals surface area contributed by atoms with Crippen LogP contribution < -0.4 is 22.5 Å². The summed E-state index contributed by atoms with van der Waals surface area (Å²) < 4.78 is 0. The van der Waals surface area contributed by atoms with Crippen LogP contribution in [0, 0.1) is 45.8 Å². The number of nitrogens with one attached hydrogen (secondary N) is 1. The molecule has 318 valence electrons. The standard InChI is InChI=1S/C37H56N2O2.C4H10N2.4C2H6/c1-23(2)9-8-10-24(3)29-12-13-30-28-11-14-33-36(5,31(28)15-17-35(29,30)4)18-16-34(41)37(33,6)22-32(40)25-19-26(38)21-27(20-25)39-7;1-4(6)2-3-5;4*1-2/h14-15,19-21,23-24,28-30,34,39,41H,8-13,16-18,22,38H2,1-7H3;2H,3,5-6H2,1H3;4*1-2H3/b;4-2+;;;;. The Labute approximate surface area is 341 Å². The van der Waals surface area contributed by atoms with Crippen LogP contribution in [0.5, 0.6) is 0 Å². The highest BCUT2D eigenvalue weighted by Gasteiger charge is 2.59. The van der Waals surface area contributed by atoms with E-state index in [0.29, 0.717) is 35.5 Å². The molecular weight excluding hydrogens is 677 g/mol. The quantitative estimate of drug-likeness (QED) is 0.0916. The molecule has 2 fully saturated rings. The van der Waals surface area contributed by atoms with Crippen LogP contribution in [0.15, 0.2) is 53.3 Å². The lowest BCUT2D eigenvalue weighted by Crippen LogP contribution is -2.51. The molecule has 5 rings (SSSR count). The number of carbonyl (C=O) groups is 1. The van der Waals surface area contributed by atoms with Crippen molar-refractivity contribution in [2.24, 2.45) is 57.3 Å². The van der Waals surface area contributed by atoms with E-state index in [1.807, 2.05) is 81.5 Å². The van der Waals surface area contributed by atoms with Gasteiger partial charge in [0.05, 0.1) is 6.10 Å². The molecule has 2 saturated carbocycles. The maximum Gasteiger partial charge on any atom is 0.163 e. The predicted octanol–water partition coefficient (Wildman–Crippen LogP) is 12.7. The molecular formula is C49H90N4O2. The van der Waals surface area contributed by atoms with Gasteiger partial charge in [-0.15, -0.1) is 0 Å². The van der Waals surface area contributed by atoms with Gasteiger partial charge in [0, 0.05) is 53.5 Å². The smallest absolute Gasteiger partial charge is 0.163 e. The zero-order chi connectivity index (χ0) is 42.7. The van der Waals surface area contributed by atoms with Crippen molar-refractivity contribution >= 4 is 17.2 Å². The largest absolute Gasteiger partial charge is 0.402 e. The van der Waals surface area contributed by atoms with Crippen molar-refractivity contribution in [2.75, 3.05) is 24.6 Å². The number of fused-ring (bicyclic) bond motifs is 5. The van der Waals surface area contributed by atoms with Crippen LogP contribution in [-0.4, -0.2) is 30.6 Å². The van der Waals surface area contributed by atoms with Gasteiger partial charge in [-0.2, -0.15) is 0 Å². The SMILES string of the molecule is C/C(N)=C\CN.CC.CC.CC.CC.CNc1cc(N)cc(C(=O)CC2(C)C3=CCC4C(=CCC5(C)C(C(C)CCCC(C)C)CCC45)C3(C)CCC2O)c1. The van der Waals surface area contributed by atoms with E-state index in [-0.39, 0.29) is 11.2 Å². The molecule has 8 atom stereocenters. The first-order chi connectivity index (χ1) is 26.1. The van der Waals surface area contributed by atoms with Crippen LogP contribution in [0.25, 0.3) is 0 Å². The third kappa shape index (κ3) is 12.7. The molecule has 6 nitrogen and oxygen atoms in total. The van der Waals surface area contributed by atoms with Crippen LogP contribution in [0.2, 0.25) is 0 Å². The molecule has 0 radical (unpaired) electrons. The van der Waals surface area contributed by atoms with Crippen molar-refractivity contribution in [3.8, 4) is 0 Å². The number of carbonyl (C=O) groups excluding carboxylic acids is 1. The summed E-state index contributed by atoms with van der Waals surface area (Å²) in [5.41, 5.74) is 21.9. The highest BCUT2D eigenvalue weighted by Crippen LogP contribution is 2.67. The van der Waals surface area contributed by atoms with Gasteiger partial charge in [0.2, 0.25) is 0 Å². The van der Waals surface area contributed by atoms with Gasteiger partial charge in [0.15, 0.2) is 5.78 Å². The number of ketones is 1. The van der Waals surface area contributed by atoms with E-state index >= 15 is 0 Å². The fourth-order valence-electron chi connectivity index (χ4n) is 10.3. The maximum atomic E-state index is 13.7. The van der Waals surface area contributed by atoms with Gasteiger partial charge in [0.1, 0.15) is 0 Å². The molecule has 0 amide bonds. The Bertz CT molecular complexity index is 1360. The summed E-state index contributed by atoms with van der Waals surface area (Å²) in [5, 5.41) is 14.6. The first-order valence-corrected chi connectivity index (χ1v) is 22.4. The first-order valence-electron chi connectivity index (χ1n) is 22.4. The fourth-order valence-corrected chi connectivity index (χ4v) is 10.3. The predicted molar refractivity (Wildman–Crippen MR) is 244 cm³/mol. The highest BCUT2D eigenvalue weighted by molar-refractivity contribution is 5.98. The Morgan fingerprint density at radius 1 is 0.945 bits per heavy atom. The van der Waals surface area contributed by atoms with Crippen molar-refractivity contribution in [1.82, 2.24) is 0 Å². The number of hydrogen-bond acceptors (Lipinski definition) is 6. The van der Waals surface area contributed by atoms with Gasteiger partial charge >= 0.3 is 0 Å². The molecule has 4 aliphatic carbocycles. The third-order valence-electron chi connectivity index (χ3n) is 12.9. The van der Waals surface area contributed by atoms with E-state index in [1.54, 1.807) is 17.7 Å². The van der Waals surface area contributed by atoms with E-state index in [9.17, 15) is 9.90 Å². The zero-order valence-corrected chi connectivity index (χ0v) is 38.8. The topological polar surface area (TPSA) is 127 Å². The Hall–Kier alpha value is -2.57. The molecule has 55 heavy (non-hydrogen) atoms. The number of allylic oxidation sites excluding steroid dienone is 4. The Morgan fingerprint density at radius 3 is 2.09 bits per heavy atom. The molecule has 0 spiro atoms. The van der Waals surface area contributed by atoms with Crippen molar-refractivity contribution in [2.45, 2.75) is 174 Å². The van der Waals surface area contributed by atoms with Crippen LogP contribution in [0.1, 0.15) is 178 Å². The van der Waals surface area contributed by atoms with E-state index in [2.05, 4.69) is 59.0 Å². The lowest BCUT2D eigenvalue weighted by molar-refractivity contribution is -0.00434. The Balaban J connectivity index is 0.00000183. The average Bonchev–Trinajstić information content (AvgIpc) is 3.54. The summed E-state index contributed by atoms with van der Waals surface area (Å²) in [6.45, 7) is 32.8. The summed E-state index contributed by atoms with van der Waals surface area (Å²) in [6, 6.07) is 5.50. The second kappa shape index (κ2) is 24.9. The normalized spacial score (nSPS) is 29.3. The summed E-state index contributed by atoms with van der Waals surface area (Å²) in [7, 11) is 1.84. The van der Waals surface area contributed by atoms with Gasteiger partial charge in [-0.3, -0.25) is 4.79 Å². The number of rotatable bonds is 10. The summed E-state index contributed by atoms with van der Waals surface area (Å²) >= 11 is 0. The van der Waals surface area contributed by atoms with E-state index < -0.39 is 11.5 Å². The molecule has 0 saturated heterocycles. The van der Waals surface area contributed by atoms with Gasteiger partial charge in [-0.1, -0.05) is 146 Å². The Morgan fingerprint density at radius 2 is 1.56 bits per heavy atom. The summed E-state index contributed by atoms with van der Waals surface area (Å²) in [4.78, 5) is 13.7. The lowest BCUT2D eigenvalue weighted by Gasteiger charge is -2.58. The maximum absolute atomic E-state index is 13.7. The number of nitrogens with two attached hydrogens (primary N) is 3. The van der Waals surface area contributed by atoms with Gasteiger partial charge in [0.25, 0.3) is 0 Å². The van der Waals surface area contributed by atoms with Crippen molar-refractivity contribution in [1.29, 1.82) is 0 Å². The Kier molecular flexibility index (Phi) is 23.8. The number of benzene rings is 1. The third-order valence-corrected chi connectivity index (χ3v) is 12.9. The first kappa shape index (κ1) is 52.4. The fraction of sp³-hybridized carbons (Fsp3) is 0.735. The highest BCUT2D eigenvalue weighted by atomic mass is 16.3. The van der Waals surface area contributed by atoms with Gasteiger partial charge in [-0.25, -0.2) is 0 Å². The number of aliphatic hydroxyl groups excluding tert-OH is 1. The van der Waals surface area contributed by atoms with Crippen LogP contribution in [-0.2, 0) is 0 Å². The molecule has 0 bridgehead atoms. The molecule has 8 unspecified atom stereocenters. The minimum Gasteiger partial charge on any atom is -0.402 e. The molecule has 0 aliphatic heterocycles. The van der Waals surface area contributed by atoms with Crippen LogP contribution in [0.4, 0.5) is 11.4 Å². The minimum absolute atomic E-state index is 0.0536. The van der Waals surface area contributed by atoms with Gasteiger partial charge in [-0.05, 0) is 98.7 Å². The molecule has 0 heterocycles. The monoisotopic (exact) mass is 767 g/mol. The lowest BCUT2D eigenvalue weighted by atomic mass is 9.47. The van der Waals surface area contributed by atoms with Crippen molar-refractivity contribution in [3.05, 3.63) is 58.8 Å². The van der Waals surface area contributed by atoms with E-state index in [0.717, 1.165) is 54.3 Å². The molecule has 8 N–H and O–H groups in total. The second-order valence-corrected chi connectivity index (χ2v) is 16.6. The number of aliphatic hydroxyl groups is 1.